The Hall–Kier alpha value is -3.22. The minimum absolute atomic E-state index is 0.00311. The van der Waals surface area contributed by atoms with E-state index in [0.29, 0.717) is 5.56 Å². The van der Waals surface area contributed by atoms with Crippen molar-refractivity contribution in [2.75, 3.05) is 13.2 Å². The number of nitrogens with one attached hydrogen (secondary N) is 2. The maximum absolute atomic E-state index is 13.4. The molecule has 6 nitrogen and oxygen atoms in total. The molecule has 2 N–H and O–H groups in total. The smallest absolute Gasteiger partial charge is 0.325 e. The van der Waals surface area contributed by atoms with Crippen molar-refractivity contribution in [2.24, 2.45) is 0 Å². The van der Waals surface area contributed by atoms with Crippen LogP contribution >= 0.6 is 0 Å². The molecule has 0 unspecified atom stereocenters. The molecule has 0 spiro atoms. The molecule has 0 atom stereocenters. The molecule has 0 aliphatic carbocycles. The standard InChI is InChI=1S/C19H19FN2O4/c20-16-9-5-4-8-15(16)11-21-18(24)13-26-19(25)12-22-17(23)10-14-6-2-1-3-7-14/h1-9H,10-13H2,(H,21,24)(H,22,23). The highest BCUT2D eigenvalue weighted by Gasteiger charge is 2.10. The van der Waals surface area contributed by atoms with Crippen molar-refractivity contribution in [2.45, 2.75) is 13.0 Å². The molecular weight excluding hydrogens is 339 g/mol. The minimum Gasteiger partial charge on any atom is -0.454 e. The third-order valence-electron chi connectivity index (χ3n) is 3.44. The lowest BCUT2D eigenvalue weighted by Crippen LogP contribution is -2.34. The van der Waals surface area contributed by atoms with Gasteiger partial charge in [0.15, 0.2) is 6.61 Å². The fourth-order valence-corrected chi connectivity index (χ4v) is 2.10. The Bertz CT molecular complexity index is 765. The van der Waals surface area contributed by atoms with E-state index < -0.39 is 24.3 Å². The molecule has 0 radical (unpaired) electrons. The zero-order chi connectivity index (χ0) is 18.8. The Morgan fingerprint density at radius 1 is 0.885 bits per heavy atom. The van der Waals surface area contributed by atoms with E-state index in [9.17, 15) is 18.8 Å². The average Bonchev–Trinajstić information content (AvgIpc) is 2.65. The van der Waals surface area contributed by atoms with Crippen LogP contribution in [0.15, 0.2) is 54.6 Å². The van der Waals surface area contributed by atoms with Gasteiger partial charge in [-0.1, -0.05) is 48.5 Å². The number of hydrogen-bond donors (Lipinski definition) is 2. The number of amides is 2. The number of esters is 1. The minimum atomic E-state index is -0.729. The maximum atomic E-state index is 13.4. The van der Waals surface area contributed by atoms with Gasteiger partial charge in [-0.05, 0) is 11.6 Å². The average molecular weight is 358 g/mol. The summed E-state index contributed by atoms with van der Waals surface area (Å²) in [5.74, 6) is -2.03. The monoisotopic (exact) mass is 358 g/mol. The normalized spacial score (nSPS) is 10.0. The first-order valence-electron chi connectivity index (χ1n) is 8.01. The van der Waals surface area contributed by atoms with Crippen molar-refractivity contribution >= 4 is 17.8 Å². The van der Waals surface area contributed by atoms with Crippen LogP contribution in [0.1, 0.15) is 11.1 Å². The number of benzene rings is 2. The van der Waals surface area contributed by atoms with Crippen molar-refractivity contribution in [3.05, 3.63) is 71.5 Å². The lowest BCUT2D eigenvalue weighted by Gasteiger charge is -2.08. The third-order valence-corrected chi connectivity index (χ3v) is 3.44. The molecule has 2 aromatic carbocycles. The van der Waals surface area contributed by atoms with Gasteiger partial charge in [-0.15, -0.1) is 0 Å². The van der Waals surface area contributed by atoms with Crippen LogP contribution in [0, 0.1) is 5.82 Å². The Kier molecular flexibility index (Phi) is 7.30. The zero-order valence-corrected chi connectivity index (χ0v) is 14.0. The van der Waals surface area contributed by atoms with Gasteiger partial charge in [-0.2, -0.15) is 0 Å². The summed E-state index contributed by atoms with van der Waals surface area (Å²) in [5.41, 5.74) is 1.16. The SMILES string of the molecule is O=C(COC(=O)CNC(=O)Cc1ccccc1)NCc1ccccc1F. The van der Waals surface area contributed by atoms with Crippen molar-refractivity contribution < 1.29 is 23.5 Å². The van der Waals surface area contributed by atoms with Gasteiger partial charge in [-0.25, -0.2) is 4.39 Å². The number of carbonyl (C=O) groups is 3. The summed E-state index contributed by atoms with van der Waals surface area (Å²) < 4.78 is 18.2. The van der Waals surface area contributed by atoms with Crippen LogP contribution in [0.25, 0.3) is 0 Å². The van der Waals surface area contributed by atoms with Crippen LogP contribution in [-0.4, -0.2) is 30.9 Å². The highest BCUT2D eigenvalue weighted by Crippen LogP contribution is 2.05. The second-order valence-corrected chi connectivity index (χ2v) is 5.47. The molecule has 2 rings (SSSR count). The summed E-state index contributed by atoms with van der Waals surface area (Å²) in [5, 5.41) is 4.87. The van der Waals surface area contributed by atoms with Crippen molar-refractivity contribution in [1.82, 2.24) is 10.6 Å². The molecular formula is C19H19FN2O4. The van der Waals surface area contributed by atoms with Crippen LogP contribution in [0.3, 0.4) is 0 Å². The van der Waals surface area contributed by atoms with Gasteiger partial charge < -0.3 is 15.4 Å². The Morgan fingerprint density at radius 3 is 2.31 bits per heavy atom. The quantitative estimate of drug-likeness (QED) is 0.698. The van der Waals surface area contributed by atoms with E-state index in [1.807, 2.05) is 18.2 Å². The molecule has 26 heavy (non-hydrogen) atoms. The largest absolute Gasteiger partial charge is 0.454 e. The second-order valence-electron chi connectivity index (χ2n) is 5.47. The van der Waals surface area contributed by atoms with E-state index in [1.54, 1.807) is 30.3 Å². The van der Waals surface area contributed by atoms with Gasteiger partial charge in [0, 0.05) is 12.1 Å². The summed E-state index contributed by atoms with van der Waals surface area (Å²) in [4.78, 5) is 34.9. The van der Waals surface area contributed by atoms with Crippen molar-refractivity contribution in [3.8, 4) is 0 Å². The number of ether oxygens (including phenoxy) is 1. The zero-order valence-electron chi connectivity index (χ0n) is 14.0. The molecule has 2 aromatic rings. The fourth-order valence-electron chi connectivity index (χ4n) is 2.10. The first-order valence-corrected chi connectivity index (χ1v) is 8.01. The number of rotatable bonds is 8. The Labute approximate surface area is 150 Å². The molecule has 0 bridgehead atoms. The van der Waals surface area contributed by atoms with E-state index >= 15 is 0 Å². The molecule has 0 saturated carbocycles. The molecule has 0 aliphatic heterocycles. The van der Waals surface area contributed by atoms with Gasteiger partial charge in [0.2, 0.25) is 5.91 Å². The maximum Gasteiger partial charge on any atom is 0.325 e. The van der Waals surface area contributed by atoms with E-state index in [1.165, 1.54) is 6.07 Å². The van der Waals surface area contributed by atoms with Crippen molar-refractivity contribution in [3.63, 3.8) is 0 Å². The molecule has 136 valence electrons. The summed E-state index contributed by atoms with van der Waals surface area (Å²) >= 11 is 0. The van der Waals surface area contributed by atoms with Gasteiger partial charge in [0.1, 0.15) is 12.4 Å². The second kappa shape index (κ2) is 9.93. The number of hydrogen-bond acceptors (Lipinski definition) is 4. The Balaban J connectivity index is 1.62. The van der Waals surface area contributed by atoms with E-state index in [2.05, 4.69) is 10.6 Å². The van der Waals surface area contributed by atoms with E-state index in [-0.39, 0.29) is 25.4 Å². The van der Waals surface area contributed by atoms with Crippen LogP contribution in [0.5, 0.6) is 0 Å². The van der Waals surface area contributed by atoms with Crippen LogP contribution < -0.4 is 10.6 Å². The van der Waals surface area contributed by atoms with E-state index in [0.717, 1.165) is 5.56 Å². The topological polar surface area (TPSA) is 84.5 Å². The molecule has 0 saturated heterocycles. The number of carbonyl (C=O) groups excluding carboxylic acids is 3. The van der Waals surface area contributed by atoms with Crippen molar-refractivity contribution in [1.29, 1.82) is 0 Å². The third kappa shape index (κ3) is 6.72. The predicted molar refractivity (Wildman–Crippen MR) is 92.4 cm³/mol. The van der Waals surface area contributed by atoms with Gasteiger partial charge in [0.05, 0.1) is 6.42 Å². The number of halogens is 1. The van der Waals surface area contributed by atoms with E-state index in [4.69, 9.17) is 4.74 Å². The highest BCUT2D eigenvalue weighted by molar-refractivity contribution is 5.85. The first-order chi connectivity index (χ1) is 12.5. The fraction of sp³-hybridized carbons (Fsp3) is 0.211. The van der Waals surface area contributed by atoms with Crippen LogP contribution in [-0.2, 0) is 32.1 Å². The summed E-state index contributed by atoms with van der Waals surface area (Å²) in [6, 6.07) is 15.1. The van der Waals surface area contributed by atoms with Gasteiger partial charge in [0.25, 0.3) is 5.91 Å². The lowest BCUT2D eigenvalue weighted by molar-refractivity contribution is -0.148. The first kappa shape index (κ1) is 19.1. The van der Waals surface area contributed by atoms with Gasteiger partial charge >= 0.3 is 5.97 Å². The lowest BCUT2D eigenvalue weighted by atomic mass is 10.1. The molecule has 0 aliphatic rings. The Morgan fingerprint density at radius 2 is 1.58 bits per heavy atom. The highest BCUT2D eigenvalue weighted by atomic mass is 19.1. The molecule has 0 heterocycles. The molecule has 0 aromatic heterocycles. The molecule has 2 amide bonds. The van der Waals surface area contributed by atoms with Gasteiger partial charge in [-0.3, -0.25) is 14.4 Å². The summed E-state index contributed by atoms with van der Waals surface area (Å²) in [6.45, 7) is -0.828. The summed E-state index contributed by atoms with van der Waals surface area (Å²) in [7, 11) is 0. The molecule has 0 fully saturated rings. The van der Waals surface area contributed by atoms with Crippen LogP contribution in [0.2, 0.25) is 0 Å². The molecule has 7 heteroatoms. The van der Waals surface area contributed by atoms with Crippen LogP contribution in [0.4, 0.5) is 4.39 Å². The predicted octanol–water partition coefficient (Wildman–Crippen LogP) is 1.34. The summed E-state index contributed by atoms with van der Waals surface area (Å²) in [6.07, 6.45) is 0.150.